The first kappa shape index (κ1) is 21.4. The van der Waals surface area contributed by atoms with Gasteiger partial charge < -0.3 is 9.47 Å². The highest BCUT2D eigenvalue weighted by Crippen LogP contribution is 2.40. The number of carbonyl (C=O) groups is 2. The van der Waals surface area contributed by atoms with Gasteiger partial charge in [0, 0.05) is 6.54 Å². The van der Waals surface area contributed by atoms with E-state index in [4.69, 9.17) is 9.47 Å². The molecule has 1 heterocycles. The minimum Gasteiger partial charge on any atom is -0.493 e. The first-order chi connectivity index (χ1) is 14.4. The number of imide groups is 1. The highest BCUT2D eigenvalue weighted by Gasteiger charge is 2.38. The van der Waals surface area contributed by atoms with E-state index in [2.05, 4.69) is 6.07 Å². The van der Waals surface area contributed by atoms with E-state index in [-0.39, 0.29) is 24.3 Å². The zero-order valence-corrected chi connectivity index (χ0v) is 17.8. The molecule has 0 aliphatic carbocycles. The number of ether oxygens (including phenoxy) is 2. The molecular weight excluding hydrogens is 380 g/mol. The number of carbonyl (C=O) groups excluding carboxylic acids is 2. The Morgan fingerprint density at radius 1 is 1.00 bits per heavy atom. The zero-order chi connectivity index (χ0) is 21.9. The van der Waals surface area contributed by atoms with Gasteiger partial charge in [0.05, 0.1) is 36.8 Å². The number of benzene rings is 2. The molecule has 1 atom stereocenters. The van der Waals surface area contributed by atoms with E-state index < -0.39 is 5.41 Å². The number of hydrogen-bond acceptors (Lipinski definition) is 5. The first-order valence-electron chi connectivity index (χ1n) is 9.98. The number of amides is 2. The summed E-state index contributed by atoms with van der Waals surface area (Å²) in [6.07, 6.45) is 1.02. The maximum absolute atomic E-state index is 12.6. The molecule has 0 radical (unpaired) electrons. The Bertz CT molecular complexity index is 974. The average molecular weight is 406 g/mol. The number of methoxy groups -OCH3 is 2. The van der Waals surface area contributed by atoms with Crippen molar-refractivity contribution in [3.05, 3.63) is 59.2 Å². The summed E-state index contributed by atoms with van der Waals surface area (Å²) in [4.78, 5) is 26.5. The summed E-state index contributed by atoms with van der Waals surface area (Å²) in [5, 5.41) is 10.2. The van der Waals surface area contributed by atoms with Gasteiger partial charge in [0.25, 0.3) is 11.8 Å². The molecule has 0 fully saturated rings. The molecule has 0 bridgehead atoms. The van der Waals surface area contributed by atoms with Crippen LogP contribution >= 0.6 is 0 Å². The van der Waals surface area contributed by atoms with E-state index in [1.807, 2.05) is 26.0 Å². The summed E-state index contributed by atoms with van der Waals surface area (Å²) in [6, 6.07) is 14.9. The summed E-state index contributed by atoms with van der Waals surface area (Å²) >= 11 is 0. The third-order valence-electron chi connectivity index (χ3n) is 5.91. The molecule has 0 saturated carbocycles. The van der Waals surface area contributed by atoms with Gasteiger partial charge >= 0.3 is 0 Å². The lowest BCUT2D eigenvalue weighted by atomic mass is 9.69. The lowest BCUT2D eigenvalue weighted by molar-refractivity contribution is 0.0648. The van der Waals surface area contributed by atoms with Crippen molar-refractivity contribution < 1.29 is 19.1 Å². The minimum absolute atomic E-state index is 0.0165. The second-order valence-corrected chi connectivity index (χ2v) is 7.72. The molecule has 1 aliphatic rings. The number of rotatable bonds is 8. The van der Waals surface area contributed by atoms with Crippen LogP contribution in [-0.4, -0.2) is 37.5 Å². The lowest BCUT2D eigenvalue weighted by Crippen LogP contribution is -2.35. The average Bonchev–Trinajstić information content (AvgIpc) is 3.01. The number of fused-ring (bicyclic) bond motifs is 1. The molecule has 0 N–H and O–H groups in total. The summed E-state index contributed by atoms with van der Waals surface area (Å²) in [7, 11) is 3.13. The molecule has 2 aromatic carbocycles. The number of hydrogen-bond donors (Lipinski definition) is 0. The van der Waals surface area contributed by atoms with Crippen LogP contribution in [0, 0.1) is 17.2 Å². The molecule has 30 heavy (non-hydrogen) atoms. The maximum Gasteiger partial charge on any atom is 0.261 e. The molecule has 0 aromatic heterocycles. The third kappa shape index (κ3) is 3.52. The van der Waals surface area contributed by atoms with Crippen LogP contribution in [0.25, 0.3) is 0 Å². The van der Waals surface area contributed by atoms with Gasteiger partial charge in [-0.15, -0.1) is 0 Å². The zero-order valence-electron chi connectivity index (χ0n) is 17.8. The molecule has 156 valence electrons. The van der Waals surface area contributed by atoms with Crippen molar-refractivity contribution in [3.8, 4) is 17.6 Å². The fraction of sp³-hybridized carbons (Fsp3) is 0.375. The van der Waals surface area contributed by atoms with Gasteiger partial charge in [-0.1, -0.05) is 32.0 Å². The smallest absolute Gasteiger partial charge is 0.261 e. The van der Waals surface area contributed by atoms with Crippen LogP contribution in [0.5, 0.6) is 11.5 Å². The molecule has 1 unspecified atom stereocenters. The van der Waals surface area contributed by atoms with E-state index in [9.17, 15) is 14.9 Å². The summed E-state index contributed by atoms with van der Waals surface area (Å²) in [5.74, 6) is 0.643. The predicted molar refractivity (Wildman–Crippen MR) is 113 cm³/mol. The Hall–Kier alpha value is -3.33. The van der Waals surface area contributed by atoms with Crippen LogP contribution in [0.4, 0.5) is 0 Å². The Morgan fingerprint density at radius 3 is 2.10 bits per heavy atom. The number of nitrogens with zero attached hydrogens (tertiary/aromatic N) is 2. The van der Waals surface area contributed by atoms with Crippen molar-refractivity contribution in [1.29, 1.82) is 5.26 Å². The molecule has 6 nitrogen and oxygen atoms in total. The van der Waals surface area contributed by atoms with Gasteiger partial charge in [-0.3, -0.25) is 14.5 Å². The van der Waals surface area contributed by atoms with Crippen LogP contribution in [0.15, 0.2) is 42.5 Å². The SMILES string of the molecule is COc1ccc(C(C#N)(CCCN2C(=O)c3ccccc3C2=O)C(C)C)cc1OC. The predicted octanol–water partition coefficient (Wildman–Crippen LogP) is 4.20. The Balaban J connectivity index is 1.81. The van der Waals surface area contributed by atoms with Crippen molar-refractivity contribution >= 4 is 11.8 Å². The Morgan fingerprint density at radius 2 is 1.60 bits per heavy atom. The van der Waals surface area contributed by atoms with Crippen molar-refractivity contribution in [2.75, 3.05) is 20.8 Å². The van der Waals surface area contributed by atoms with Crippen molar-refractivity contribution in [2.45, 2.75) is 32.1 Å². The molecule has 2 amide bonds. The quantitative estimate of drug-likeness (QED) is 0.614. The van der Waals surface area contributed by atoms with Crippen LogP contribution in [0.1, 0.15) is 53.0 Å². The highest BCUT2D eigenvalue weighted by atomic mass is 16.5. The summed E-state index contributed by atoms with van der Waals surface area (Å²) in [5.41, 5.74) is 0.939. The number of nitriles is 1. The fourth-order valence-corrected chi connectivity index (χ4v) is 4.09. The first-order valence-corrected chi connectivity index (χ1v) is 9.98. The lowest BCUT2D eigenvalue weighted by Gasteiger charge is -2.32. The summed E-state index contributed by atoms with van der Waals surface area (Å²) < 4.78 is 10.7. The van der Waals surface area contributed by atoms with Crippen LogP contribution in [-0.2, 0) is 5.41 Å². The van der Waals surface area contributed by atoms with E-state index in [0.717, 1.165) is 5.56 Å². The monoisotopic (exact) mass is 406 g/mol. The van der Waals surface area contributed by atoms with E-state index in [1.54, 1.807) is 44.6 Å². The molecular formula is C24H26N2O4. The molecule has 3 rings (SSSR count). The van der Waals surface area contributed by atoms with Gasteiger partial charge in [0.2, 0.25) is 0 Å². The van der Waals surface area contributed by atoms with Crippen molar-refractivity contribution in [3.63, 3.8) is 0 Å². The summed E-state index contributed by atoms with van der Waals surface area (Å²) in [6.45, 7) is 4.28. The fourth-order valence-electron chi connectivity index (χ4n) is 4.09. The highest BCUT2D eigenvalue weighted by molar-refractivity contribution is 6.21. The Labute approximate surface area is 177 Å². The topological polar surface area (TPSA) is 79.6 Å². The largest absolute Gasteiger partial charge is 0.493 e. The van der Waals surface area contributed by atoms with E-state index >= 15 is 0 Å². The van der Waals surface area contributed by atoms with Crippen molar-refractivity contribution in [2.24, 2.45) is 5.92 Å². The molecule has 0 saturated heterocycles. The van der Waals surface area contributed by atoms with Crippen molar-refractivity contribution in [1.82, 2.24) is 4.90 Å². The van der Waals surface area contributed by atoms with E-state index in [1.165, 1.54) is 4.90 Å². The van der Waals surface area contributed by atoms with Crippen LogP contribution in [0.3, 0.4) is 0 Å². The van der Waals surface area contributed by atoms with Gasteiger partial charge in [0.15, 0.2) is 11.5 Å². The van der Waals surface area contributed by atoms with Gasteiger partial charge in [-0.25, -0.2) is 0 Å². The molecule has 0 spiro atoms. The van der Waals surface area contributed by atoms with Crippen LogP contribution in [0.2, 0.25) is 0 Å². The van der Waals surface area contributed by atoms with Crippen LogP contribution < -0.4 is 9.47 Å². The minimum atomic E-state index is -0.780. The molecule has 2 aromatic rings. The normalized spacial score (nSPS) is 15.0. The molecule has 1 aliphatic heterocycles. The van der Waals surface area contributed by atoms with Gasteiger partial charge in [-0.05, 0) is 48.6 Å². The second-order valence-electron chi connectivity index (χ2n) is 7.72. The standard InChI is InChI=1S/C24H26N2O4/c1-16(2)24(15-25,17-10-11-20(29-3)21(14-17)30-4)12-7-13-26-22(27)18-8-5-6-9-19(18)23(26)28/h5-6,8-11,14,16H,7,12-13H2,1-4H3. The third-order valence-corrected chi connectivity index (χ3v) is 5.91. The molecule has 6 heteroatoms. The van der Waals surface area contributed by atoms with Gasteiger partial charge in [0.1, 0.15) is 0 Å². The van der Waals surface area contributed by atoms with E-state index in [0.29, 0.717) is 35.5 Å². The maximum atomic E-state index is 12.6. The second kappa shape index (κ2) is 8.58. The Kier molecular flexibility index (Phi) is 6.12. The van der Waals surface area contributed by atoms with Gasteiger partial charge in [-0.2, -0.15) is 5.26 Å².